The lowest BCUT2D eigenvalue weighted by molar-refractivity contribution is -0.125. The van der Waals surface area contributed by atoms with Crippen LogP contribution in [0, 0.1) is 13.8 Å². The molecule has 0 aliphatic carbocycles. The molecule has 1 saturated heterocycles. The van der Waals surface area contributed by atoms with Gasteiger partial charge >= 0.3 is 6.03 Å². The molecule has 1 aromatic heterocycles. The predicted molar refractivity (Wildman–Crippen MR) is 120 cm³/mol. The maximum atomic E-state index is 13.1. The number of hydrogen-bond acceptors (Lipinski definition) is 6. The number of furan rings is 1. The second-order valence-corrected chi connectivity index (χ2v) is 8.57. The van der Waals surface area contributed by atoms with E-state index in [-0.39, 0.29) is 24.8 Å². The van der Waals surface area contributed by atoms with Crippen LogP contribution in [0.25, 0.3) is 11.0 Å². The number of methoxy groups -OCH3 is 1. The van der Waals surface area contributed by atoms with Crippen molar-refractivity contribution in [3.63, 3.8) is 0 Å². The molecule has 3 aromatic rings. The highest BCUT2D eigenvalue weighted by Gasteiger charge is 2.53. The van der Waals surface area contributed by atoms with E-state index in [2.05, 4.69) is 10.6 Å². The molecule has 2 aromatic carbocycles. The van der Waals surface area contributed by atoms with Gasteiger partial charge < -0.3 is 25.1 Å². The first-order valence-electron chi connectivity index (χ1n) is 10.6. The third kappa shape index (κ3) is 3.02. The van der Waals surface area contributed by atoms with Gasteiger partial charge in [0.25, 0.3) is 11.8 Å². The van der Waals surface area contributed by atoms with Crippen molar-refractivity contribution in [3.8, 4) is 5.75 Å². The molecule has 2 aliphatic rings. The Kier molecular flexibility index (Phi) is 4.64. The largest absolute Gasteiger partial charge is 0.497 e. The van der Waals surface area contributed by atoms with Gasteiger partial charge in [0.15, 0.2) is 5.54 Å². The maximum absolute atomic E-state index is 13.1. The Bertz CT molecular complexity index is 1420. The van der Waals surface area contributed by atoms with Crippen molar-refractivity contribution in [2.75, 3.05) is 13.7 Å². The first-order valence-corrected chi connectivity index (χ1v) is 10.6. The van der Waals surface area contributed by atoms with Crippen LogP contribution >= 0.6 is 0 Å². The van der Waals surface area contributed by atoms with Crippen molar-refractivity contribution >= 4 is 34.7 Å². The van der Waals surface area contributed by atoms with E-state index in [1.165, 1.54) is 12.0 Å². The predicted octanol–water partition coefficient (Wildman–Crippen LogP) is 1.85. The first-order chi connectivity index (χ1) is 16.1. The summed E-state index contributed by atoms with van der Waals surface area (Å²) in [5.41, 5.74) is 7.28. The molecule has 34 heavy (non-hydrogen) atoms. The van der Waals surface area contributed by atoms with Crippen LogP contribution in [0.15, 0.2) is 34.7 Å². The van der Waals surface area contributed by atoms with Gasteiger partial charge in [0.2, 0.25) is 5.91 Å². The number of amides is 5. The van der Waals surface area contributed by atoms with Crippen LogP contribution in [0.2, 0.25) is 0 Å². The molecule has 1 atom stereocenters. The van der Waals surface area contributed by atoms with Gasteiger partial charge in [-0.2, -0.15) is 0 Å². The molecular formula is C24H22N4O6. The number of hydrogen-bond donors (Lipinski definition) is 3. The van der Waals surface area contributed by atoms with Gasteiger partial charge in [-0.1, -0.05) is 6.07 Å². The van der Waals surface area contributed by atoms with Crippen molar-refractivity contribution in [1.29, 1.82) is 0 Å². The Morgan fingerprint density at radius 2 is 1.94 bits per heavy atom. The Morgan fingerprint density at radius 3 is 2.59 bits per heavy atom. The molecule has 0 saturated carbocycles. The van der Waals surface area contributed by atoms with Crippen LogP contribution in [-0.4, -0.2) is 42.3 Å². The second kappa shape index (κ2) is 7.34. The van der Waals surface area contributed by atoms with Gasteiger partial charge in [-0.15, -0.1) is 0 Å². The number of primary amides is 1. The number of nitrogens with two attached hydrogens (primary N) is 1. The summed E-state index contributed by atoms with van der Waals surface area (Å²) < 4.78 is 11.3. The summed E-state index contributed by atoms with van der Waals surface area (Å²) in [6, 6.07) is 7.70. The van der Waals surface area contributed by atoms with Crippen molar-refractivity contribution in [2.45, 2.75) is 25.9 Å². The molecule has 0 radical (unpaired) electrons. The normalized spacial score (nSPS) is 19.4. The molecule has 0 unspecified atom stereocenters. The number of benzene rings is 2. The summed E-state index contributed by atoms with van der Waals surface area (Å²) in [6.07, 6.45) is 0. The Balaban J connectivity index is 1.59. The number of aryl methyl sites for hydroxylation is 1. The lowest BCUT2D eigenvalue weighted by atomic mass is 9.94. The summed E-state index contributed by atoms with van der Waals surface area (Å²) in [6.45, 7) is 3.64. The number of fused-ring (bicyclic) bond motifs is 2. The minimum absolute atomic E-state index is 0.149. The SMILES string of the molecule is COc1ccc2c(c1)C(=O)N(C[C@@]1(c3cc4cc(C(N)=O)c(C)c(C)c4o3)NC(=O)NC1=O)C2. The Labute approximate surface area is 194 Å². The average molecular weight is 462 g/mol. The van der Waals surface area contributed by atoms with Gasteiger partial charge in [-0.05, 0) is 54.8 Å². The van der Waals surface area contributed by atoms with E-state index in [0.29, 0.717) is 39.0 Å². The van der Waals surface area contributed by atoms with Gasteiger partial charge in [-0.25, -0.2) is 4.79 Å². The zero-order valence-electron chi connectivity index (χ0n) is 18.8. The number of nitrogens with zero attached hydrogens (tertiary/aromatic N) is 1. The van der Waals surface area contributed by atoms with Gasteiger partial charge in [0.05, 0.1) is 13.7 Å². The molecular weight excluding hydrogens is 440 g/mol. The molecule has 10 nitrogen and oxygen atoms in total. The van der Waals surface area contributed by atoms with Crippen LogP contribution in [0.1, 0.15) is 43.2 Å². The van der Waals surface area contributed by atoms with E-state index in [0.717, 1.165) is 5.56 Å². The number of carbonyl (C=O) groups excluding carboxylic acids is 4. The number of urea groups is 1. The first kappa shape index (κ1) is 21.5. The highest BCUT2D eigenvalue weighted by Crippen LogP contribution is 2.37. The number of carbonyl (C=O) groups is 4. The van der Waals surface area contributed by atoms with E-state index < -0.39 is 23.4 Å². The molecule has 5 rings (SSSR count). The lowest BCUT2D eigenvalue weighted by Gasteiger charge is -2.29. The van der Waals surface area contributed by atoms with E-state index >= 15 is 0 Å². The number of ether oxygens (including phenoxy) is 1. The van der Waals surface area contributed by atoms with Crippen LogP contribution in [0.4, 0.5) is 4.79 Å². The monoisotopic (exact) mass is 462 g/mol. The highest BCUT2D eigenvalue weighted by molar-refractivity contribution is 6.08. The van der Waals surface area contributed by atoms with Crippen molar-refractivity contribution in [1.82, 2.24) is 15.5 Å². The van der Waals surface area contributed by atoms with Gasteiger partial charge in [0.1, 0.15) is 17.1 Å². The fraction of sp³-hybridized carbons (Fsp3) is 0.250. The maximum Gasteiger partial charge on any atom is 0.322 e. The van der Waals surface area contributed by atoms with Crippen molar-refractivity contribution < 1.29 is 28.3 Å². The third-order valence-electron chi connectivity index (χ3n) is 6.62. The topological polar surface area (TPSA) is 144 Å². The fourth-order valence-electron chi connectivity index (χ4n) is 4.64. The summed E-state index contributed by atoms with van der Waals surface area (Å²) in [7, 11) is 1.52. The van der Waals surface area contributed by atoms with E-state index in [1.807, 2.05) is 0 Å². The standard InChI is InChI=1S/C24H22N4O6/c1-11-12(2)19-14(6-16(11)20(25)29)7-18(34-19)24(22(31)26-23(32)27-24)10-28-9-13-4-5-15(33-3)8-17(13)21(28)30/h4-8H,9-10H2,1-3H3,(H2,25,29)(H2,26,27,31,32)/t24-/m0/s1. The number of rotatable bonds is 5. The zero-order chi connectivity index (χ0) is 24.4. The van der Waals surface area contributed by atoms with E-state index in [4.69, 9.17) is 14.9 Å². The molecule has 174 valence electrons. The Morgan fingerprint density at radius 1 is 1.18 bits per heavy atom. The molecule has 5 amide bonds. The van der Waals surface area contributed by atoms with Crippen molar-refractivity contribution in [2.24, 2.45) is 5.73 Å². The number of nitrogens with one attached hydrogen (secondary N) is 2. The summed E-state index contributed by atoms with van der Waals surface area (Å²) in [5, 5.41) is 5.47. The van der Waals surface area contributed by atoms with Crippen LogP contribution in [0.5, 0.6) is 5.75 Å². The van der Waals surface area contributed by atoms with Gasteiger partial charge in [-0.3, -0.25) is 19.7 Å². The molecule has 1 fully saturated rings. The molecule has 3 heterocycles. The molecule has 4 N–H and O–H groups in total. The number of imide groups is 1. The second-order valence-electron chi connectivity index (χ2n) is 8.57. The molecule has 10 heteroatoms. The fourth-order valence-corrected chi connectivity index (χ4v) is 4.64. The summed E-state index contributed by atoms with van der Waals surface area (Å²) in [4.78, 5) is 51.8. The molecule has 0 bridgehead atoms. The van der Waals surface area contributed by atoms with Gasteiger partial charge in [0, 0.05) is 23.1 Å². The van der Waals surface area contributed by atoms with Crippen LogP contribution in [-0.2, 0) is 16.9 Å². The smallest absolute Gasteiger partial charge is 0.322 e. The Hall–Kier alpha value is -4.34. The summed E-state index contributed by atoms with van der Waals surface area (Å²) in [5.74, 6) is -0.813. The lowest BCUT2D eigenvalue weighted by Crippen LogP contribution is -2.52. The zero-order valence-corrected chi connectivity index (χ0v) is 18.8. The minimum atomic E-state index is -1.65. The molecule has 2 aliphatic heterocycles. The minimum Gasteiger partial charge on any atom is -0.497 e. The molecule has 0 spiro atoms. The average Bonchev–Trinajstić information content (AvgIpc) is 3.45. The van der Waals surface area contributed by atoms with Crippen LogP contribution < -0.4 is 21.1 Å². The quantitative estimate of drug-likeness (QED) is 0.494. The third-order valence-corrected chi connectivity index (χ3v) is 6.62. The summed E-state index contributed by atoms with van der Waals surface area (Å²) >= 11 is 0. The van der Waals surface area contributed by atoms with Crippen LogP contribution in [0.3, 0.4) is 0 Å². The van der Waals surface area contributed by atoms with E-state index in [1.54, 1.807) is 44.2 Å². The van der Waals surface area contributed by atoms with Crippen molar-refractivity contribution in [3.05, 3.63) is 63.9 Å². The van der Waals surface area contributed by atoms with E-state index in [9.17, 15) is 19.2 Å². The highest BCUT2D eigenvalue weighted by atomic mass is 16.5.